The summed E-state index contributed by atoms with van der Waals surface area (Å²) in [6, 6.07) is -0.149. The van der Waals surface area contributed by atoms with Crippen LogP contribution in [-0.4, -0.2) is 39.1 Å². The maximum atomic E-state index is 12.6. The fraction of sp³-hybridized carbons (Fsp3) is 0.643. The van der Waals surface area contributed by atoms with Crippen LogP contribution in [0.25, 0.3) is 0 Å². The number of nitrogens with one attached hydrogen (secondary N) is 1. The topological polar surface area (TPSA) is 101 Å². The molecule has 1 saturated carbocycles. The van der Waals surface area contributed by atoms with E-state index in [2.05, 4.69) is 20.7 Å². The van der Waals surface area contributed by atoms with Crippen LogP contribution in [-0.2, 0) is 9.59 Å². The molecule has 1 saturated heterocycles. The fourth-order valence-corrected chi connectivity index (χ4v) is 2.95. The molecule has 1 aliphatic carbocycles. The summed E-state index contributed by atoms with van der Waals surface area (Å²) in [6.07, 6.45) is 4.62. The highest BCUT2D eigenvalue weighted by molar-refractivity contribution is 6.39. The van der Waals surface area contributed by atoms with Gasteiger partial charge in [-0.25, -0.2) is 5.43 Å². The van der Waals surface area contributed by atoms with Gasteiger partial charge in [0, 0.05) is 25.3 Å². The number of rotatable bonds is 3. The average molecular weight is 303 g/mol. The molecule has 8 nitrogen and oxygen atoms in total. The molecule has 1 N–H and O–H groups in total. The Labute approximate surface area is 126 Å². The Morgan fingerprint density at radius 3 is 2.86 bits per heavy atom. The number of hydrogen-bond acceptors (Lipinski definition) is 6. The Bertz CT molecular complexity index is 649. The molecule has 0 bridgehead atoms. The van der Waals surface area contributed by atoms with E-state index in [0.717, 1.165) is 25.7 Å². The minimum atomic E-state index is -0.151. The molecular weight excluding hydrogens is 286 g/mol. The van der Waals surface area contributed by atoms with Crippen molar-refractivity contribution in [2.24, 2.45) is 5.10 Å². The van der Waals surface area contributed by atoms with E-state index in [9.17, 15) is 9.59 Å². The zero-order valence-electron chi connectivity index (χ0n) is 12.1. The predicted molar refractivity (Wildman–Crippen MR) is 74.8 cm³/mol. The zero-order valence-corrected chi connectivity index (χ0v) is 12.1. The van der Waals surface area contributed by atoms with Crippen molar-refractivity contribution in [1.82, 2.24) is 20.5 Å². The third-order valence-electron chi connectivity index (χ3n) is 4.35. The van der Waals surface area contributed by atoms with Crippen molar-refractivity contribution in [3.63, 3.8) is 0 Å². The van der Waals surface area contributed by atoms with Crippen LogP contribution >= 0.6 is 0 Å². The Morgan fingerprint density at radius 2 is 2.14 bits per heavy atom. The predicted octanol–water partition coefficient (Wildman–Crippen LogP) is 0.876. The summed E-state index contributed by atoms with van der Waals surface area (Å²) >= 11 is 0. The molecule has 3 aliphatic rings. The molecule has 1 aromatic rings. The molecule has 4 rings (SSSR count). The van der Waals surface area contributed by atoms with Crippen LogP contribution in [0.5, 0.6) is 0 Å². The van der Waals surface area contributed by atoms with Crippen molar-refractivity contribution in [3.05, 3.63) is 11.7 Å². The second-order valence-electron chi connectivity index (χ2n) is 6.02. The molecule has 8 heteroatoms. The van der Waals surface area contributed by atoms with E-state index < -0.39 is 0 Å². The summed E-state index contributed by atoms with van der Waals surface area (Å²) in [6.45, 7) is 0.657. The largest absolute Gasteiger partial charge is 0.339 e. The van der Waals surface area contributed by atoms with Crippen LogP contribution in [0.15, 0.2) is 9.62 Å². The SMILES string of the molecule is O=C1CCC(C(=O)N2CCCC2c2noc(C3CC3)n2)=NN1. The molecule has 0 radical (unpaired) electrons. The number of carbonyl (C=O) groups is 2. The Balaban J connectivity index is 1.52. The van der Waals surface area contributed by atoms with Crippen LogP contribution in [0, 0.1) is 0 Å². The lowest BCUT2D eigenvalue weighted by atomic mass is 10.1. The summed E-state index contributed by atoms with van der Waals surface area (Å²) in [5, 5.41) is 7.95. The molecule has 2 aliphatic heterocycles. The van der Waals surface area contributed by atoms with Crippen molar-refractivity contribution in [2.75, 3.05) is 6.54 Å². The monoisotopic (exact) mass is 303 g/mol. The van der Waals surface area contributed by atoms with Gasteiger partial charge in [0.05, 0.1) is 6.04 Å². The number of aromatic nitrogens is 2. The van der Waals surface area contributed by atoms with Gasteiger partial charge in [0.15, 0.2) is 5.82 Å². The number of amides is 2. The molecule has 1 atom stereocenters. The van der Waals surface area contributed by atoms with Crippen molar-refractivity contribution in [1.29, 1.82) is 0 Å². The van der Waals surface area contributed by atoms with Gasteiger partial charge in [0.1, 0.15) is 5.71 Å². The fourth-order valence-electron chi connectivity index (χ4n) is 2.95. The second-order valence-corrected chi connectivity index (χ2v) is 6.02. The van der Waals surface area contributed by atoms with Gasteiger partial charge >= 0.3 is 0 Å². The first-order chi connectivity index (χ1) is 10.7. The van der Waals surface area contributed by atoms with Gasteiger partial charge in [-0.3, -0.25) is 9.59 Å². The van der Waals surface area contributed by atoms with Crippen LogP contribution in [0.3, 0.4) is 0 Å². The van der Waals surface area contributed by atoms with E-state index in [0.29, 0.717) is 42.7 Å². The van der Waals surface area contributed by atoms with E-state index >= 15 is 0 Å². The van der Waals surface area contributed by atoms with Crippen LogP contribution < -0.4 is 5.43 Å². The Kier molecular flexibility index (Phi) is 3.16. The summed E-state index contributed by atoms with van der Waals surface area (Å²) in [5.41, 5.74) is 2.77. The van der Waals surface area contributed by atoms with Crippen LogP contribution in [0.1, 0.15) is 62.2 Å². The minimum Gasteiger partial charge on any atom is -0.339 e. The summed E-state index contributed by atoms with van der Waals surface area (Å²) in [4.78, 5) is 29.9. The number of carbonyl (C=O) groups excluding carboxylic acids is 2. The number of hydrogen-bond donors (Lipinski definition) is 1. The Hall–Kier alpha value is -2.25. The van der Waals surface area contributed by atoms with E-state index in [1.165, 1.54) is 0 Å². The highest BCUT2D eigenvalue weighted by Gasteiger charge is 2.37. The highest BCUT2D eigenvalue weighted by Crippen LogP contribution is 2.40. The zero-order chi connectivity index (χ0) is 15.1. The third kappa shape index (κ3) is 2.38. The van der Waals surface area contributed by atoms with Crippen LogP contribution in [0.4, 0.5) is 0 Å². The molecule has 116 valence electrons. The van der Waals surface area contributed by atoms with Crippen molar-refractivity contribution in [3.8, 4) is 0 Å². The molecule has 22 heavy (non-hydrogen) atoms. The van der Waals surface area contributed by atoms with Gasteiger partial charge in [-0.15, -0.1) is 0 Å². The number of hydrazone groups is 1. The maximum Gasteiger partial charge on any atom is 0.270 e. The Morgan fingerprint density at radius 1 is 1.27 bits per heavy atom. The first-order valence-electron chi connectivity index (χ1n) is 7.72. The third-order valence-corrected chi connectivity index (χ3v) is 4.35. The van der Waals surface area contributed by atoms with E-state index in [4.69, 9.17) is 4.52 Å². The maximum absolute atomic E-state index is 12.6. The normalized spacial score (nSPS) is 25.1. The van der Waals surface area contributed by atoms with Gasteiger partial charge in [-0.05, 0) is 25.7 Å². The lowest BCUT2D eigenvalue weighted by Gasteiger charge is -2.23. The minimum absolute atomic E-state index is 0.139. The smallest absolute Gasteiger partial charge is 0.270 e. The molecule has 0 aromatic carbocycles. The molecule has 2 fully saturated rings. The van der Waals surface area contributed by atoms with E-state index in [1.807, 2.05) is 0 Å². The van der Waals surface area contributed by atoms with Crippen molar-refractivity contribution >= 4 is 17.5 Å². The standard InChI is InChI=1S/C14H17N5O3/c20-11-6-5-9(16-17-11)14(21)19-7-1-2-10(19)12-15-13(22-18-12)8-3-4-8/h8,10H,1-7H2,(H,17,20). The average Bonchev–Trinajstić information content (AvgIpc) is 3.08. The first kappa shape index (κ1) is 13.4. The number of likely N-dealkylation sites (tertiary alicyclic amines) is 1. The summed E-state index contributed by atoms with van der Waals surface area (Å²) in [5.74, 6) is 1.40. The molecular formula is C14H17N5O3. The molecule has 0 spiro atoms. The van der Waals surface area contributed by atoms with Gasteiger partial charge in [0.2, 0.25) is 11.8 Å². The van der Waals surface area contributed by atoms with Crippen molar-refractivity contribution in [2.45, 2.75) is 50.5 Å². The van der Waals surface area contributed by atoms with Crippen LogP contribution in [0.2, 0.25) is 0 Å². The number of nitrogens with zero attached hydrogens (tertiary/aromatic N) is 4. The second kappa shape index (κ2) is 5.19. The van der Waals surface area contributed by atoms with Gasteiger partial charge in [-0.2, -0.15) is 10.1 Å². The lowest BCUT2D eigenvalue weighted by Crippen LogP contribution is -2.40. The van der Waals surface area contributed by atoms with E-state index in [-0.39, 0.29) is 17.9 Å². The van der Waals surface area contributed by atoms with E-state index in [1.54, 1.807) is 4.90 Å². The van der Waals surface area contributed by atoms with Crippen molar-refractivity contribution < 1.29 is 14.1 Å². The molecule has 3 heterocycles. The highest BCUT2D eigenvalue weighted by atomic mass is 16.5. The van der Waals surface area contributed by atoms with Gasteiger partial charge in [0.25, 0.3) is 5.91 Å². The quantitative estimate of drug-likeness (QED) is 0.893. The van der Waals surface area contributed by atoms with Gasteiger partial charge < -0.3 is 9.42 Å². The first-order valence-corrected chi connectivity index (χ1v) is 7.72. The molecule has 2 amide bonds. The summed E-state index contributed by atoms with van der Waals surface area (Å²) in [7, 11) is 0. The molecule has 1 unspecified atom stereocenters. The molecule has 1 aromatic heterocycles. The lowest BCUT2D eigenvalue weighted by molar-refractivity contribution is -0.125. The summed E-state index contributed by atoms with van der Waals surface area (Å²) < 4.78 is 5.30. The van der Waals surface area contributed by atoms with Gasteiger partial charge in [-0.1, -0.05) is 5.16 Å².